The highest BCUT2D eigenvalue weighted by Crippen LogP contribution is 2.33. The van der Waals surface area contributed by atoms with Gasteiger partial charge >= 0.3 is 0 Å². The highest BCUT2D eigenvalue weighted by atomic mass is 79.9. The number of nitrogens with zero attached hydrogens (tertiary/aromatic N) is 2. The number of imidazole rings is 1. The molecule has 0 bridgehead atoms. The molecule has 0 radical (unpaired) electrons. The first kappa shape index (κ1) is 10.4. The van der Waals surface area contributed by atoms with Gasteiger partial charge in [0, 0.05) is 5.69 Å². The molecule has 0 atom stereocenters. The molecule has 3 heterocycles. The van der Waals surface area contributed by atoms with Gasteiger partial charge in [-0.2, -0.15) is 0 Å². The van der Waals surface area contributed by atoms with E-state index in [0.29, 0.717) is 17.3 Å². The van der Waals surface area contributed by atoms with Gasteiger partial charge in [0.1, 0.15) is 17.2 Å². The van der Waals surface area contributed by atoms with Crippen molar-refractivity contribution in [3.05, 3.63) is 40.7 Å². The van der Waals surface area contributed by atoms with Crippen molar-refractivity contribution in [3.63, 3.8) is 0 Å². The number of hydrogen-bond acceptors (Lipinski definition) is 3. The molecule has 3 aromatic rings. The molecule has 0 amide bonds. The van der Waals surface area contributed by atoms with Gasteiger partial charge in [0.25, 0.3) is 0 Å². The monoisotopic (exact) mass is 291 g/mol. The molecule has 86 valence electrons. The second-order valence-electron chi connectivity index (χ2n) is 3.80. The van der Waals surface area contributed by atoms with E-state index in [1.54, 1.807) is 6.26 Å². The van der Waals surface area contributed by atoms with E-state index in [-0.39, 0.29) is 0 Å². The first-order valence-electron chi connectivity index (χ1n) is 5.15. The molecule has 17 heavy (non-hydrogen) atoms. The number of anilines is 1. The molecule has 0 aliphatic rings. The van der Waals surface area contributed by atoms with E-state index in [9.17, 15) is 0 Å². The van der Waals surface area contributed by atoms with Gasteiger partial charge in [0.05, 0.1) is 10.7 Å². The first-order chi connectivity index (χ1) is 8.18. The van der Waals surface area contributed by atoms with Gasteiger partial charge in [-0.3, -0.25) is 4.40 Å². The smallest absolute Gasteiger partial charge is 0.170 e. The molecule has 4 nitrogen and oxygen atoms in total. The summed E-state index contributed by atoms with van der Waals surface area (Å²) in [5.74, 6) is 1.25. The minimum absolute atomic E-state index is 0.591. The van der Waals surface area contributed by atoms with Gasteiger partial charge in [-0.25, -0.2) is 4.98 Å². The zero-order valence-electron chi connectivity index (χ0n) is 9.14. The summed E-state index contributed by atoms with van der Waals surface area (Å²) in [7, 11) is 0. The Balaban J connectivity index is 2.36. The second kappa shape index (κ2) is 3.63. The molecule has 3 aromatic heterocycles. The first-order valence-corrected chi connectivity index (χ1v) is 5.94. The van der Waals surface area contributed by atoms with Crippen LogP contribution < -0.4 is 5.73 Å². The molecule has 2 N–H and O–H groups in total. The number of nitrogens with two attached hydrogens (primary N) is 1. The lowest BCUT2D eigenvalue weighted by Crippen LogP contribution is -1.97. The molecule has 0 unspecified atom stereocenters. The van der Waals surface area contributed by atoms with E-state index in [2.05, 4.69) is 20.9 Å². The van der Waals surface area contributed by atoms with Gasteiger partial charge in [-0.05, 0) is 41.1 Å². The zero-order chi connectivity index (χ0) is 12.0. The quantitative estimate of drug-likeness (QED) is 0.749. The van der Waals surface area contributed by atoms with Crippen LogP contribution in [-0.4, -0.2) is 9.38 Å². The maximum absolute atomic E-state index is 6.12. The van der Waals surface area contributed by atoms with Gasteiger partial charge in [0.15, 0.2) is 5.76 Å². The number of fused-ring (bicyclic) bond motifs is 1. The van der Waals surface area contributed by atoms with Crippen LogP contribution in [0.2, 0.25) is 0 Å². The predicted molar refractivity (Wildman–Crippen MR) is 69.7 cm³/mol. The minimum Gasteiger partial charge on any atom is -0.461 e. The second-order valence-corrected chi connectivity index (χ2v) is 4.66. The fourth-order valence-corrected chi connectivity index (χ4v) is 2.30. The molecular weight excluding hydrogens is 282 g/mol. The lowest BCUT2D eigenvalue weighted by atomic mass is 10.3. The van der Waals surface area contributed by atoms with Crippen LogP contribution in [0.15, 0.2) is 39.4 Å². The minimum atomic E-state index is 0.591. The third-order valence-electron chi connectivity index (χ3n) is 2.71. The average Bonchev–Trinajstić information content (AvgIpc) is 2.84. The average molecular weight is 292 g/mol. The Morgan fingerprint density at radius 3 is 2.82 bits per heavy atom. The van der Waals surface area contributed by atoms with Gasteiger partial charge in [-0.1, -0.05) is 6.07 Å². The Kier molecular flexibility index (Phi) is 2.22. The zero-order valence-corrected chi connectivity index (χ0v) is 10.7. The fourth-order valence-electron chi connectivity index (χ4n) is 1.91. The molecule has 0 aliphatic carbocycles. The number of furan rings is 1. The van der Waals surface area contributed by atoms with Crippen LogP contribution in [0.5, 0.6) is 0 Å². The number of nitrogen functional groups attached to an aromatic ring is 1. The summed E-state index contributed by atoms with van der Waals surface area (Å²) >= 11 is 3.41. The third-order valence-corrected chi connectivity index (χ3v) is 3.33. The van der Waals surface area contributed by atoms with Crippen LogP contribution in [0.1, 0.15) is 5.69 Å². The molecule has 5 heteroatoms. The molecule has 0 aromatic carbocycles. The van der Waals surface area contributed by atoms with Crippen LogP contribution in [0.3, 0.4) is 0 Å². The van der Waals surface area contributed by atoms with Gasteiger partial charge in [0.2, 0.25) is 0 Å². The van der Waals surface area contributed by atoms with E-state index in [0.717, 1.165) is 15.8 Å². The number of hydrogen-bond donors (Lipinski definition) is 1. The van der Waals surface area contributed by atoms with Crippen molar-refractivity contribution in [3.8, 4) is 11.5 Å². The van der Waals surface area contributed by atoms with Crippen LogP contribution in [0, 0.1) is 6.92 Å². The summed E-state index contributed by atoms with van der Waals surface area (Å²) in [6.07, 6.45) is 1.61. The highest BCUT2D eigenvalue weighted by Gasteiger charge is 2.17. The summed E-state index contributed by atoms with van der Waals surface area (Å²) < 4.78 is 8.16. The van der Waals surface area contributed by atoms with E-state index in [1.165, 1.54) is 0 Å². The van der Waals surface area contributed by atoms with E-state index < -0.39 is 0 Å². The van der Waals surface area contributed by atoms with Crippen LogP contribution in [0.4, 0.5) is 5.82 Å². The third kappa shape index (κ3) is 1.46. The number of aromatic nitrogens is 2. The number of halogens is 1. The highest BCUT2D eigenvalue weighted by molar-refractivity contribution is 9.10. The standard InChI is InChI=1S/C12H10BrN3O/c1-7-3-2-4-9-15-10(12(14)16(7)9)11-8(13)5-6-17-11/h2-6H,14H2,1H3. The van der Waals surface area contributed by atoms with E-state index in [4.69, 9.17) is 10.2 Å². The Bertz CT molecular complexity index is 699. The van der Waals surface area contributed by atoms with Crippen molar-refractivity contribution in [1.82, 2.24) is 9.38 Å². The van der Waals surface area contributed by atoms with Crippen molar-refractivity contribution >= 4 is 27.4 Å². The Labute approximate surface area is 106 Å². The molecular formula is C12H10BrN3O. The van der Waals surface area contributed by atoms with Crippen molar-refractivity contribution in [2.75, 3.05) is 5.73 Å². The maximum Gasteiger partial charge on any atom is 0.170 e. The Morgan fingerprint density at radius 1 is 1.35 bits per heavy atom. The number of pyridine rings is 1. The van der Waals surface area contributed by atoms with Gasteiger partial charge in [-0.15, -0.1) is 0 Å². The fraction of sp³-hybridized carbons (Fsp3) is 0.0833. The van der Waals surface area contributed by atoms with Gasteiger partial charge < -0.3 is 10.2 Å². The van der Waals surface area contributed by atoms with Crippen LogP contribution >= 0.6 is 15.9 Å². The molecule has 0 saturated carbocycles. The lowest BCUT2D eigenvalue weighted by molar-refractivity contribution is 0.579. The molecule has 0 spiro atoms. The SMILES string of the molecule is Cc1cccc2nc(-c3occc3Br)c(N)n12. The summed E-state index contributed by atoms with van der Waals surface area (Å²) in [5.41, 5.74) is 8.65. The predicted octanol–water partition coefficient (Wildman–Crippen LogP) is 3.25. The van der Waals surface area contributed by atoms with Crippen LogP contribution in [-0.2, 0) is 0 Å². The number of aryl methyl sites for hydroxylation is 1. The Morgan fingerprint density at radius 2 is 2.18 bits per heavy atom. The molecule has 0 fully saturated rings. The Hall–Kier alpha value is -1.75. The molecule has 0 aliphatic heterocycles. The van der Waals surface area contributed by atoms with Crippen molar-refractivity contribution in [1.29, 1.82) is 0 Å². The van der Waals surface area contributed by atoms with E-state index >= 15 is 0 Å². The molecule has 3 rings (SSSR count). The topological polar surface area (TPSA) is 56.5 Å². The van der Waals surface area contributed by atoms with E-state index in [1.807, 2.05) is 35.6 Å². The summed E-state index contributed by atoms with van der Waals surface area (Å²) in [5, 5.41) is 0. The van der Waals surface area contributed by atoms with Crippen molar-refractivity contribution in [2.24, 2.45) is 0 Å². The lowest BCUT2D eigenvalue weighted by Gasteiger charge is -2.00. The number of rotatable bonds is 1. The molecule has 0 saturated heterocycles. The van der Waals surface area contributed by atoms with Crippen molar-refractivity contribution < 1.29 is 4.42 Å². The normalized spacial score (nSPS) is 11.2. The largest absolute Gasteiger partial charge is 0.461 e. The summed E-state index contributed by atoms with van der Waals surface area (Å²) in [6, 6.07) is 7.69. The van der Waals surface area contributed by atoms with Crippen molar-refractivity contribution in [2.45, 2.75) is 6.92 Å². The summed E-state index contributed by atoms with van der Waals surface area (Å²) in [6.45, 7) is 1.99. The van der Waals surface area contributed by atoms with Crippen LogP contribution in [0.25, 0.3) is 17.1 Å². The summed E-state index contributed by atoms with van der Waals surface area (Å²) in [4.78, 5) is 4.49. The maximum atomic E-state index is 6.12.